The second-order valence-corrected chi connectivity index (χ2v) is 16.6. The molecule has 5 saturated heterocycles. The van der Waals surface area contributed by atoms with E-state index < -0.39 is 29.7 Å². The van der Waals surface area contributed by atoms with Gasteiger partial charge in [-0.05, 0) is 98.7 Å². The lowest BCUT2D eigenvalue weighted by molar-refractivity contribution is -0.136. The lowest BCUT2D eigenvalue weighted by Gasteiger charge is -2.61. The third-order valence-electron chi connectivity index (χ3n) is 12.7. The van der Waals surface area contributed by atoms with E-state index in [4.69, 9.17) is 11.6 Å². The van der Waals surface area contributed by atoms with Gasteiger partial charge in [-0.25, -0.2) is 0 Å². The Morgan fingerprint density at radius 2 is 1.50 bits per heavy atom. The zero-order chi connectivity index (χ0) is 37.5. The number of nitrogens with zero attached hydrogens (tertiary/aromatic N) is 6. The van der Waals surface area contributed by atoms with Gasteiger partial charge in [0.2, 0.25) is 11.8 Å². The van der Waals surface area contributed by atoms with E-state index in [9.17, 15) is 29.2 Å². The molecule has 1 N–H and O–H groups in total. The molecular weight excluding hydrogens is 706 g/mol. The smallest absolute Gasteiger partial charge is 0.262 e. The molecule has 2 spiro atoms. The van der Waals surface area contributed by atoms with Crippen LogP contribution in [0.25, 0.3) is 0 Å². The first-order chi connectivity index (χ1) is 25.9. The van der Waals surface area contributed by atoms with Gasteiger partial charge in [-0.2, -0.15) is 5.26 Å². The SMILES string of the molecule is C[C@H]1CC2(CCN(c3ccc(C(=O)N4CC5(C4)CN(c4ccc6c(c4)C(=O)N(C4CCC(=O)NC4=O)C6=O)C5)cc3)CC2)CN1c1ccc(C#N)c(Cl)c1. The second-order valence-electron chi connectivity index (χ2n) is 16.2. The average molecular weight is 746 g/mol. The number of imide groups is 2. The number of rotatable bonds is 5. The van der Waals surface area contributed by atoms with Crippen LogP contribution in [0.15, 0.2) is 60.7 Å². The van der Waals surface area contributed by atoms with Crippen molar-refractivity contribution in [2.45, 2.75) is 51.1 Å². The second kappa shape index (κ2) is 12.6. The fourth-order valence-corrected chi connectivity index (χ4v) is 9.96. The van der Waals surface area contributed by atoms with Gasteiger partial charge in [-0.1, -0.05) is 11.6 Å². The third kappa shape index (κ3) is 5.59. The van der Waals surface area contributed by atoms with Gasteiger partial charge in [-0.15, -0.1) is 0 Å². The van der Waals surface area contributed by atoms with Crippen molar-refractivity contribution < 1.29 is 24.0 Å². The number of carbonyl (C=O) groups excluding carboxylic acids is 5. The molecule has 5 fully saturated rings. The molecular formula is C41H40ClN7O5. The van der Waals surface area contributed by atoms with E-state index in [0.29, 0.717) is 35.3 Å². The van der Waals surface area contributed by atoms with Crippen LogP contribution in [0.5, 0.6) is 0 Å². The molecule has 6 aliphatic heterocycles. The first-order valence-corrected chi connectivity index (χ1v) is 19.0. The number of nitriles is 1. The van der Waals surface area contributed by atoms with Crippen molar-refractivity contribution in [3.63, 3.8) is 0 Å². The summed E-state index contributed by atoms with van der Waals surface area (Å²) in [6.45, 7) is 7.96. The highest BCUT2D eigenvalue weighted by Gasteiger charge is 2.54. The summed E-state index contributed by atoms with van der Waals surface area (Å²) in [5.41, 5.74) is 4.99. The Labute approximate surface area is 318 Å². The van der Waals surface area contributed by atoms with Gasteiger partial charge in [-0.3, -0.25) is 34.2 Å². The number of fused-ring (bicyclic) bond motifs is 1. The van der Waals surface area contributed by atoms with Crippen molar-refractivity contribution in [3.8, 4) is 6.07 Å². The molecule has 3 aromatic rings. The lowest BCUT2D eigenvalue weighted by atomic mass is 9.72. The molecule has 6 heterocycles. The average Bonchev–Trinajstić information content (AvgIpc) is 3.58. The van der Waals surface area contributed by atoms with E-state index in [1.54, 1.807) is 12.1 Å². The third-order valence-corrected chi connectivity index (χ3v) is 13.0. The van der Waals surface area contributed by atoms with Crippen molar-refractivity contribution >= 4 is 58.2 Å². The predicted octanol–water partition coefficient (Wildman–Crippen LogP) is 4.46. The summed E-state index contributed by atoms with van der Waals surface area (Å²) in [5.74, 6) is -2.03. The number of hydrogen-bond acceptors (Lipinski definition) is 9. The van der Waals surface area contributed by atoms with Crippen molar-refractivity contribution in [1.82, 2.24) is 15.1 Å². The highest BCUT2D eigenvalue weighted by Crippen LogP contribution is 2.47. The Morgan fingerprint density at radius 1 is 0.815 bits per heavy atom. The molecule has 54 heavy (non-hydrogen) atoms. The maximum absolute atomic E-state index is 13.4. The maximum Gasteiger partial charge on any atom is 0.262 e. The van der Waals surface area contributed by atoms with Crippen molar-refractivity contribution in [2.24, 2.45) is 10.8 Å². The van der Waals surface area contributed by atoms with Crippen molar-refractivity contribution in [1.29, 1.82) is 5.26 Å². The summed E-state index contributed by atoms with van der Waals surface area (Å²) < 4.78 is 0. The monoisotopic (exact) mass is 745 g/mol. The zero-order valence-electron chi connectivity index (χ0n) is 30.0. The largest absolute Gasteiger partial charge is 0.371 e. The van der Waals surface area contributed by atoms with Crippen LogP contribution >= 0.6 is 11.6 Å². The normalized spacial score (nSPS) is 24.1. The molecule has 0 aliphatic carbocycles. The molecule has 9 rings (SSSR count). The minimum Gasteiger partial charge on any atom is -0.371 e. The summed E-state index contributed by atoms with van der Waals surface area (Å²) in [4.78, 5) is 73.7. The topological polar surface area (TPSA) is 137 Å². The van der Waals surface area contributed by atoms with Crippen molar-refractivity contribution in [2.75, 3.05) is 60.5 Å². The highest BCUT2D eigenvalue weighted by atomic mass is 35.5. The molecule has 276 valence electrons. The number of halogens is 1. The Balaban J connectivity index is 0.767. The van der Waals surface area contributed by atoms with Gasteiger partial charge in [0.15, 0.2) is 0 Å². The van der Waals surface area contributed by atoms with Gasteiger partial charge in [0.05, 0.1) is 21.7 Å². The van der Waals surface area contributed by atoms with Gasteiger partial charge in [0.1, 0.15) is 12.1 Å². The number of hydrogen-bond donors (Lipinski definition) is 1. The van der Waals surface area contributed by atoms with Gasteiger partial charge in [0.25, 0.3) is 17.7 Å². The van der Waals surface area contributed by atoms with E-state index >= 15 is 0 Å². The quantitative estimate of drug-likeness (QED) is 0.376. The molecule has 5 amide bonds. The molecule has 6 aliphatic rings. The van der Waals surface area contributed by atoms with Crippen LogP contribution in [0.2, 0.25) is 5.02 Å². The number of anilines is 3. The Hall–Kier alpha value is -5.41. The summed E-state index contributed by atoms with van der Waals surface area (Å²) >= 11 is 6.36. The van der Waals surface area contributed by atoms with E-state index in [1.807, 2.05) is 41.3 Å². The summed E-state index contributed by atoms with van der Waals surface area (Å²) in [6.07, 6.45) is 3.50. The van der Waals surface area contributed by atoms with Crippen LogP contribution in [0, 0.1) is 22.2 Å². The van der Waals surface area contributed by atoms with Crippen LogP contribution in [0.4, 0.5) is 17.1 Å². The van der Waals surface area contributed by atoms with Gasteiger partial charge in [0, 0.05) is 86.3 Å². The van der Waals surface area contributed by atoms with Crippen LogP contribution in [-0.4, -0.2) is 97.2 Å². The number of nitrogens with one attached hydrogen (secondary N) is 1. The van der Waals surface area contributed by atoms with Crippen LogP contribution < -0.4 is 20.0 Å². The number of amides is 5. The molecule has 2 atom stereocenters. The van der Waals surface area contributed by atoms with Gasteiger partial charge >= 0.3 is 0 Å². The zero-order valence-corrected chi connectivity index (χ0v) is 30.8. The minimum absolute atomic E-state index is 0.00335. The van der Waals surface area contributed by atoms with Crippen LogP contribution in [0.3, 0.4) is 0 Å². The first kappa shape index (κ1) is 34.4. The number of carbonyl (C=O) groups is 5. The first-order valence-electron chi connectivity index (χ1n) is 18.7. The summed E-state index contributed by atoms with van der Waals surface area (Å²) in [6, 6.07) is 20.5. The summed E-state index contributed by atoms with van der Waals surface area (Å²) in [5, 5.41) is 12.0. The molecule has 0 saturated carbocycles. The predicted molar refractivity (Wildman–Crippen MR) is 202 cm³/mol. The van der Waals surface area contributed by atoms with E-state index in [2.05, 4.69) is 45.1 Å². The molecule has 12 nitrogen and oxygen atoms in total. The summed E-state index contributed by atoms with van der Waals surface area (Å²) in [7, 11) is 0. The molecule has 1 unspecified atom stereocenters. The van der Waals surface area contributed by atoms with E-state index in [-0.39, 0.29) is 40.7 Å². The molecule has 0 bridgehead atoms. The number of likely N-dealkylation sites (tertiary alicyclic amines) is 1. The van der Waals surface area contributed by atoms with Gasteiger partial charge < -0.3 is 19.6 Å². The standard InChI is InChI=1S/C41H40ClN7O5/c1-25-18-40(24-48(25)30-7-4-27(19-43)33(42)17-30)12-14-45(15-13-40)28-5-2-26(3-6-28)37(52)47-22-41(23-47)20-46(21-41)29-8-9-31-32(16-29)39(54)49(38(31)53)34-10-11-35(50)44-36(34)51/h2-9,16-17,25,34H,10-15,18,20-24H2,1H3,(H,44,50,51)/t25-,34?/m0/s1. The number of piperidine rings is 2. The van der Waals surface area contributed by atoms with Crippen LogP contribution in [-0.2, 0) is 9.59 Å². The van der Waals surface area contributed by atoms with E-state index in [0.717, 1.165) is 73.9 Å². The fraction of sp³-hybridized carbons (Fsp3) is 0.415. The molecule has 13 heteroatoms. The highest BCUT2D eigenvalue weighted by molar-refractivity contribution is 6.32. The lowest BCUT2D eigenvalue weighted by Crippen LogP contribution is -2.73. The minimum atomic E-state index is -0.991. The van der Waals surface area contributed by atoms with Crippen LogP contribution in [0.1, 0.15) is 75.7 Å². The molecule has 3 aromatic carbocycles. The maximum atomic E-state index is 13.4. The molecule has 0 aromatic heterocycles. The Morgan fingerprint density at radius 3 is 2.19 bits per heavy atom. The Kier molecular flexibility index (Phi) is 8.01. The number of benzene rings is 3. The van der Waals surface area contributed by atoms with E-state index in [1.165, 1.54) is 0 Å². The fourth-order valence-electron chi connectivity index (χ4n) is 9.75. The Bertz CT molecular complexity index is 2160. The molecule has 0 radical (unpaired) electrons. The van der Waals surface area contributed by atoms with Crippen molar-refractivity contribution in [3.05, 3.63) is 87.9 Å².